The number of rotatable bonds is 3. The van der Waals surface area contributed by atoms with E-state index >= 15 is 0 Å². The predicted octanol–water partition coefficient (Wildman–Crippen LogP) is 1.47. The third-order valence-electron chi connectivity index (χ3n) is 3.09. The number of nitrogens with zero attached hydrogens (tertiary/aromatic N) is 2. The smallest absolute Gasteiger partial charge is 0.354 e. The van der Waals surface area contributed by atoms with Gasteiger partial charge in [0.1, 0.15) is 5.82 Å². The summed E-state index contributed by atoms with van der Waals surface area (Å²) in [4.78, 5) is 21.2. The molecule has 98 valence electrons. The summed E-state index contributed by atoms with van der Waals surface area (Å²) < 4.78 is 0. The van der Waals surface area contributed by atoms with Crippen molar-refractivity contribution in [3.8, 4) is 0 Å². The summed E-state index contributed by atoms with van der Waals surface area (Å²) in [6, 6.07) is 3.98. The van der Waals surface area contributed by atoms with Gasteiger partial charge in [0.05, 0.1) is 5.69 Å². The van der Waals surface area contributed by atoms with Crippen molar-refractivity contribution in [3.63, 3.8) is 0 Å². The highest BCUT2D eigenvalue weighted by atomic mass is 32.1. The number of thiophene rings is 1. The van der Waals surface area contributed by atoms with E-state index in [1.54, 1.807) is 11.3 Å². The van der Waals surface area contributed by atoms with Crippen LogP contribution in [0.5, 0.6) is 0 Å². The molecule has 5 nitrogen and oxygen atoms in total. The van der Waals surface area contributed by atoms with Crippen LogP contribution >= 0.6 is 11.3 Å². The Balaban J connectivity index is 2.01. The summed E-state index contributed by atoms with van der Waals surface area (Å²) in [5.74, 6) is -0.379. The molecule has 0 aliphatic carbocycles. The van der Waals surface area contributed by atoms with E-state index in [1.165, 1.54) is 0 Å². The fourth-order valence-electron chi connectivity index (χ4n) is 2.22. The molecule has 0 bridgehead atoms. The molecule has 0 fully saturated rings. The third kappa shape index (κ3) is 2.50. The Morgan fingerprint density at radius 2 is 2.37 bits per heavy atom. The number of hydrogen-bond acceptors (Lipinski definition) is 5. The van der Waals surface area contributed by atoms with Crippen LogP contribution in [-0.2, 0) is 19.4 Å². The summed E-state index contributed by atoms with van der Waals surface area (Å²) in [6.07, 6.45) is 1.36. The van der Waals surface area contributed by atoms with Crippen LogP contribution in [0.3, 0.4) is 0 Å². The Morgan fingerprint density at radius 1 is 1.47 bits per heavy atom. The highest BCUT2D eigenvalue weighted by molar-refractivity contribution is 7.09. The monoisotopic (exact) mass is 275 g/mol. The second-order valence-corrected chi connectivity index (χ2v) is 5.43. The number of carboxylic acids is 1. The molecular weight excluding hydrogens is 262 g/mol. The summed E-state index contributed by atoms with van der Waals surface area (Å²) in [6.45, 7) is 1.37. The first-order valence-corrected chi connectivity index (χ1v) is 6.97. The summed E-state index contributed by atoms with van der Waals surface area (Å²) in [5.41, 5.74) is 1.75. The molecular formula is C13H13N3O2S. The lowest BCUT2D eigenvalue weighted by Gasteiger charge is -2.18. The van der Waals surface area contributed by atoms with Crippen LogP contribution in [0.4, 0.5) is 0 Å². The molecule has 0 unspecified atom stereocenters. The van der Waals surface area contributed by atoms with Gasteiger partial charge in [0.2, 0.25) is 0 Å². The van der Waals surface area contributed by atoms with Gasteiger partial charge in [-0.2, -0.15) is 0 Å². The van der Waals surface area contributed by atoms with Crippen molar-refractivity contribution in [3.05, 3.63) is 45.2 Å². The predicted molar refractivity (Wildman–Crippen MR) is 71.5 cm³/mol. The lowest BCUT2D eigenvalue weighted by molar-refractivity contribution is 0.0688. The minimum absolute atomic E-state index is 0.142. The second-order valence-electron chi connectivity index (χ2n) is 4.40. The zero-order chi connectivity index (χ0) is 13.2. The number of aromatic nitrogens is 2. The normalized spacial score (nSPS) is 14.1. The molecule has 2 aromatic rings. The topological polar surface area (TPSA) is 75.1 Å². The highest BCUT2D eigenvalue weighted by Gasteiger charge is 2.21. The largest absolute Gasteiger partial charge is 0.476 e. The SMILES string of the molecule is O=C(O)c1nc(Cc2cccs2)nc2c1CNCC2. The molecule has 0 spiro atoms. The minimum atomic E-state index is -0.977. The third-order valence-corrected chi connectivity index (χ3v) is 3.97. The van der Waals surface area contributed by atoms with Gasteiger partial charge in [0.15, 0.2) is 5.69 Å². The van der Waals surface area contributed by atoms with Crippen LogP contribution in [-0.4, -0.2) is 27.6 Å². The highest BCUT2D eigenvalue weighted by Crippen LogP contribution is 2.18. The standard InChI is InChI=1S/C13H13N3O2S/c17-13(18)12-9-7-14-4-3-10(9)15-11(16-12)6-8-2-1-5-19-8/h1-2,5,14H,3-4,6-7H2,(H,17,18). The molecule has 3 heterocycles. The molecule has 1 aliphatic rings. The minimum Gasteiger partial charge on any atom is -0.476 e. The number of nitrogens with one attached hydrogen (secondary N) is 1. The van der Waals surface area contributed by atoms with Crippen molar-refractivity contribution < 1.29 is 9.90 Å². The van der Waals surface area contributed by atoms with Crippen molar-refractivity contribution in [2.24, 2.45) is 0 Å². The zero-order valence-corrected chi connectivity index (χ0v) is 11.0. The van der Waals surface area contributed by atoms with E-state index in [2.05, 4.69) is 15.3 Å². The van der Waals surface area contributed by atoms with E-state index in [0.717, 1.165) is 29.1 Å². The van der Waals surface area contributed by atoms with Crippen molar-refractivity contribution in [1.82, 2.24) is 15.3 Å². The van der Waals surface area contributed by atoms with Crippen LogP contribution in [0.2, 0.25) is 0 Å². The van der Waals surface area contributed by atoms with Gasteiger partial charge in [-0.3, -0.25) is 0 Å². The van der Waals surface area contributed by atoms with Crippen molar-refractivity contribution in [1.29, 1.82) is 0 Å². The van der Waals surface area contributed by atoms with Crippen molar-refractivity contribution >= 4 is 17.3 Å². The molecule has 0 saturated heterocycles. The van der Waals surface area contributed by atoms with E-state index in [4.69, 9.17) is 0 Å². The van der Waals surface area contributed by atoms with Gasteiger partial charge < -0.3 is 10.4 Å². The van der Waals surface area contributed by atoms with Crippen molar-refractivity contribution in [2.75, 3.05) is 6.54 Å². The van der Waals surface area contributed by atoms with Gasteiger partial charge in [0, 0.05) is 36.4 Å². The van der Waals surface area contributed by atoms with Crippen LogP contribution in [0.15, 0.2) is 17.5 Å². The quantitative estimate of drug-likeness (QED) is 0.887. The molecule has 0 radical (unpaired) electrons. The average molecular weight is 275 g/mol. The number of aromatic carboxylic acids is 1. The van der Waals surface area contributed by atoms with Crippen LogP contribution < -0.4 is 5.32 Å². The van der Waals surface area contributed by atoms with Gasteiger partial charge in [-0.05, 0) is 11.4 Å². The maximum atomic E-state index is 11.3. The van der Waals surface area contributed by atoms with Crippen LogP contribution in [0, 0.1) is 0 Å². The number of fused-ring (bicyclic) bond motifs is 1. The summed E-state index contributed by atoms with van der Waals surface area (Å²) in [7, 11) is 0. The molecule has 0 amide bonds. The molecule has 19 heavy (non-hydrogen) atoms. The Morgan fingerprint density at radius 3 is 3.11 bits per heavy atom. The summed E-state index contributed by atoms with van der Waals surface area (Å²) in [5, 5.41) is 14.4. The zero-order valence-electron chi connectivity index (χ0n) is 10.2. The molecule has 3 rings (SSSR count). The first kappa shape index (κ1) is 12.3. The van der Waals surface area contributed by atoms with Gasteiger partial charge >= 0.3 is 5.97 Å². The summed E-state index contributed by atoms with van der Waals surface area (Å²) >= 11 is 1.63. The van der Waals surface area contributed by atoms with Gasteiger partial charge in [-0.1, -0.05) is 6.07 Å². The molecule has 0 atom stereocenters. The maximum Gasteiger partial charge on any atom is 0.354 e. The van der Waals surface area contributed by atoms with Crippen molar-refractivity contribution in [2.45, 2.75) is 19.4 Å². The number of carbonyl (C=O) groups is 1. The molecule has 0 aromatic carbocycles. The van der Waals surface area contributed by atoms with E-state index in [0.29, 0.717) is 18.8 Å². The van der Waals surface area contributed by atoms with E-state index in [-0.39, 0.29) is 5.69 Å². The number of hydrogen-bond donors (Lipinski definition) is 2. The Hall–Kier alpha value is -1.79. The Kier molecular flexibility index (Phi) is 3.27. The van der Waals surface area contributed by atoms with Gasteiger partial charge in [-0.25, -0.2) is 14.8 Å². The lowest BCUT2D eigenvalue weighted by atomic mass is 10.0. The lowest BCUT2D eigenvalue weighted by Crippen LogP contribution is -2.28. The van der Waals surface area contributed by atoms with Crippen LogP contribution in [0.1, 0.15) is 32.4 Å². The van der Waals surface area contributed by atoms with E-state index < -0.39 is 5.97 Å². The molecule has 0 saturated carbocycles. The average Bonchev–Trinajstić information content (AvgIpc) is 2.90. The molecule has 2 N–H and O–H groups in total. The molecule has 1 aliphatic heterocycles. The fraction of sp³-hybridized carbons (Fsp3) is 0.308. The first-order chi connectivity index (χ1) is 9.24. The molecule has 6 heteroatoms. The fourth-order valence-corrected chi connectivity index (χ4v) is 2.92. The molecule has 2 aromatic heterocycles. The first-order valence-electron chi connectivity index (χ1n) is 6.09. The second kappa shape index (κ2) is 5.07. The van der Waals surface area contributed by atoms with Gasteiger partial charge in [-0.15, -0.1) is 11.3 Å². The number of carboxylic acid groups (broad SMARTS) is 1. The van der Waals surface area contributed by atoms with E-state index in [1.807, 2.05) is 17.5 Å². The maximum absolute atomic E-state index is 11.3. The Labute approximate surface area is 114 Å². The van der Waals surface area contributed by atoms with Crippen LogP contribution in [0.25, 0.3) is 0 Å². The Bertz CT molecular complexity index is 611. The van der Waals surface area contributed by atoms with E-state index in [9.17, 15) is 9.90 Å². The van der Waals surface area contributed by atoms with Gasteiger partial charge in [0.25, 0.3) is 0 Å².